The van der Waals surface area contributed by atoms with Crippen molar-refractivity contribution in [2.45, 2.75) is 76.8 Å². The van der Waals surface area contributed by atoms with Gasteiger partial charge in [0.15, 0.2) is 11.5 Å². The third kappa shape index (κ3) is 6.17. The molecule has 0 N–H and O–H groups in total. The Morgan fingerprint density at radius 1 is 1.09 bits per heavy atom. The molecule has 4 rings (SSSR count). The first kappa shape index (κ1) is 25.5. The average Bonchev–Trinajstić information content (AvgIpc) is 2.84. The third-order valence-corrected chi connectivity index (χ3v) is 6.83. The molecule has 2 saturated heterocycles. The Morgan fingerprint density at radius 3 is 2.43 bits per heavy atom. The van der Waals surface area contributed by atoms with Gasteiger partial charge in [0.05, 0.1) is 24.9 Å². The van der Waals surface area contributed by atoms with Crippen LogP contribution in [-0.4, -0.2) is 54.9 Å². The Morgan fingerprint density at radius 2 is 1.80 bits per heavy atom. The Balaban J connectivity index is 1.45. The SMILES string of the molecule is CCO[C@@H]1C[C@H](c2ccccc2)OC2(CCN(C(=O)c3ccc(OC(C)(C)C)c(OC)c3)CC2)C1. The maximum absolute atomic E-state index is 13.4. The first-order valence-corrected chi connectivity index (χ1v) is 12.7. The summed E-state index contributed by atoms with van der Waals surface area (Å²) in [7, 11) is 1.60. The van der Waals surface area contributed by atoms with Crippen LogP contribution in [0.1, 0.15) is 75.4 Å². The summed E-state index contributed by atoms with van der Waals surface area (Å²) in [6.45, 7) is 10.0. The number of nitrogens with zero attached hydrogens (tertiary/aromatic N) is 1. The quantitative estimate of drug-likeness (QED) is 0.522. The topological polar surface area (TPSA) is 57.2 Å². The van der Waals surface area contributed by atoms with E-state index >= 15 is 0 Å². The highest BCUT2D eigenvalue weighted by Gasteiger charge is 2.45. The number of methoxy groups -OCH3 is 1. The highest BCUT2D eigenvalue weighted by molar-refractivity contribution is 5.95. The third-order valence-electron chi connectivity index (χ3n) is 6.83. The van der Waals surface area contributed by atoms with E-state index in [0.717, 1.165) is 25.7 Å². The van der Waals surface area contributed by atoms with Gasteiger partial charge in [0.1, 0.15) is 5.60 Å². The molecule has 0 saturated carbocycles. The lowest BCUT2D eigenvalue weighted by atomic mass is 9.80. The van der Waals surface area contributed by atoms with E-state index in [1.165, 1.54) is 5.56 Å². The van der Waals surface area contributed by atoms with E-state index in [0.29, 0.717) is 36.8 Å². The minimum atomic E-state index is -0.350. The van der Waals surface area contributed by atoms with Crippen LogP contribution in [-0.2, 0) is 9.47 Å². The van der Waals surface area contributed by atoms with Crippen molar-refractivity contribution in [1.29, 1.82) is 0 Å². The first-order chi connectivity index (χ1) is 16.7. The molecular formula is C29H39NO5. The van der Waals surface area contributed by atoms with Crippen molar-refractivity contribution >= 4 is 5.91 Å². The lowest BCUT2D eigenvalue weighted by Gasteiger charge is -2.48. The van der Waals surface area contributed by atoms with Crippen molar-refractivity contribution in [1.82, 2.24) is 4.90 Å². The zero-order valence-corrected chi connectivity index (χ0v) is 21.7. The molecule has 0 radical (unpaired) electrons. The number of ether oxygens (including phenoxy) is 4. The molecule has 2 aliphatic heterocycles. The van der Waals surface area contributed by atoms with E-state index in [-0.39, 0.29) is 29.3 Å². The van der Waals surface area contributed by atoms with Gasteiger partial charge in [-0.1, -0.05) is 30.3 Å². The van der Waals surface area contributed by atoms with Gasteiger partial charge in [-0.15, -0.1) is 0 Å². The number of likely N-dealkylation sites (tertiary alicyclic amines) is 1. The summed E-state index contributed by atoms with van der Waals surface area (Å²) in [6, 6.07) is 15.8. The average molecular weight is 482 g/mol. The van der Waals surface area contributed by atoms with Gasteiger partial charge in [0, 0.05) is 38.1 Å². The van der Waals surface area contributed by atoms with E-state index < -0.39 is 0 Å². The summed E-state index contributed by atoms with van der Waals surface area (Å²) >= 11 is 0. The van der Waals surface area contributed by atoms with Crippen molar-refractivity contribution in [3.8, 4) is 11.5 Å². The maximum Gasteiger partial charge on any atom is 0.253 e. The summed E-state index contributed by atoms with van der Waals surface area (Å²) in [5.74, 6) is 1.22. The number of carbonyl (C=O) groups is 1. The highest BCUT2D eigenvalue weighted by atomic mass is 16.5. The Labute approximate surface area is 209 Å². The Kier molecular flexibility index (Phi) is 7.72. The van der Waals surface area contributed by atoms with Gasteiger partial charge in [0.2, 0.25) is 0 Å². The van der Waals surface area contributed by atoms with Crippen molar-refractivity contribution in [3.63, 3.8) is 0 Å². The van der Waals surface area contributed by atoms with E-state index in [4.69, 9.17) is 18.9 Å². The van der Waals surface area contributed by atoms with Crippen molar-refractivity contribution < 1.29 is 23.7 Å². The second-order valence-corrected chi connectivity index (χ2v) is 10.6. The molecule has 6 nitrogen and oxygen atoms in total. The molecule has 1 spiro atoms. The molecule has 190 valence electrons. The molecule has 2 aromatic rings. The molecule has 2 heterocycles. The van der Waals surface area contributed by atoms with Crippen LogP contribution < -0.4 is 9.47 Å². The van der Waals surface area contributed by atoms with Crippen molar-refractivity contribution in [2.75, 3.05) is 26.8 Å². The minimum Gasteiger partial charge on any atom is -0.493 e. The predicted octanol–water partition coefficient (Wildman–Crippen LogP) is 5.80. The van der Waals surface area contributed by atoms with E-state index in [1.807, 2.05) is 50.8 Å². The fourth-order valence-corrected chi connectivity index (χ4v) is 5.21. The molecule has 6 heteroatoms. The molecule has 35 heavy (non-hydrogen) atoms. The van der Waals surface area contributed by atoms with Gasteiger partial charge in [-0.2, -0.15) is 0 Å². The van der Waals surface area contributed by atoms with Gasteiger partial charge >= 0.3 is 0 Å². The molecule has 2 atom stereocenters. The van der Waals surface area contributed by atoms with E-state index in [9.17, 15) is 4.79 Å². The van der Waals surface area contributed by atoms with Crippen LogP contribution in [0.5, 0.6) is 11.5 Å². The summed E-state index contributed by atoms with van der Waals surface area (Å²) in [6.07, 6.45) is 3.52. The lowest BCUT2D eigenvalue weighted by Crippen LogP contribution is -2.52. The van der Waals surface area contributed by atoms with Crippen LogP contribution in [0.15, 0.2) is 48.5 Å². The Hall–Kier alpha value is -2.57. The predicted molar refractivity (Wildman–Crippen MR) is 136 cm³/mol. The van der Waals surface area contributed by atoms with Crippen LogP contribution in [0, 0.1) is 0 Å². The molecule has 1 amide bonds. The number of piperidine rings is 1. The van der Waals surface area contributed by atoms with Gasteiger partial charge in [0.25, 0.3) is 5.91 Å². The van der Waals surface area contributed by atoms with Crippen molar-refractivity contribution in [3.05, 3.63) is 59.7 Å². The van der Waals surface area contributed by atoms with E-state index in [2.05, 4.69) is 24.3 Å². The molecule has 2 aromatic carbocycles. The second kappa shape index (κ2) is 10.6. The lowest BCUT2D eigenvalue weighted by molar-refractivity contribution is -0.190. The van der Waals surface area contributed by atoms with E-state index in [1.54, 1.807) is 13.2 Å². The number of rotatable bonds is 6. The van der Waals surface area contributed by atoms with Crippen LogP contribution in [0.3, 0.4) is 0 Å². The molecular weight excluding hydrogens is 442 g/mol. The molecule has 0 unspecified atom stereocenters. The van der Waals surface area contributed by atoms with Crippen LogP contribution in [0.25, 0.3) is 0 Å². The fraction of sp³-hybridized carbons (Fsp3) is 0.552. The zero-order valence-electron chi connectivity index (χ0n) is 21.7. The summed E-state index contributed by atoms with van der Waals surface area (Å²) < 4.78 is 24.3. The number of hydrogen-bond donors (Lipinski definition) is 0. The summed E-state index contributed by atoms with van der Waals surface area (Å²) in [5.41, 5.74) is 1.19. The van der Waals surface area contributed by atoms with Crippen molar-refractivity contribution in [2.24, 2.45) is 0 Å². The van der Waals surface area contributed by atoms with Gasteiger partial charge in [-0.3, -0.25) is 4.79 Å². The highest BCUT2D eigenvalue weighted by Crippen LogP contribution is 2.44. The number of amides is 1. The van der Waals surface area contributed by atoms with Gasteiger partial charge in [-0.25, -0.2) is 0 Å². The summed E-state index contributed by atoms with van der Waals surface area (Å²) in [4.78, 5) is 15.3. The molecule has 2 fully saturated rings. The Bertz CT molecular complexity index is 992. The number of carbonyl (C=O) groups excluding carboxylic acids is 1. The fourth-order valence-electron chi connectivity index (χ4n) is 5.21. The largest absolute Gasteiger partial charge is 0.493 e. The van der Waals surface area contributed by atoms with Crippen LogP contribution in [0.2, 0.25) is 0 Å². The molecule has 2 aliphatic rings. The smallest absolute Gasteiger partial charge is 0.253 e. The maximum atomic E-state index is 13.4. The minimum absolute atomic E-state index is 0.0113. The number of benzene rings is 2. The zero-order chi connectivity index (χ0) is 25.1. The molecule has 0 aliphatic carbocycles. The number of hydrogen-bond acceptors (Lipinski definition) is 5. The monoisotopic (exact) mass is 481 g/mol. The van der Waals surface area contributed by atoms with Gasteiger partial charge < -0.3 is 23.8 Å². The second-order valence-electron chi connectivity index (χ2n) is 10.6. The molecule has 0 aromatic heterocycles. The van der Waals surface area contributed by atoms with Gasteiger partial charge in [-0.05, 0) is 64.3 Å². The van der Waals surface area contributed by atoms with Crippen LogP contribution >= 0.6 is 0 Å². The standard InChI is InChI=1S/C29H39NO5/c1-6-33-23-19-25(21-10-8-7-9-11-21)35-29(20-23)14-16-30(17-15-29)27(31)22-12-13-24(26(18-22)32-5)34-28(2,3)4/h7-13,18,23,25H,6,14-17,19-20H2,1-5H3/t23-,25-/m1/s1. The van der Waals surface area contributed by atoms with Crippen LogP contribution in [0.4, 0.5) is 0 Å². The summed E-state index contributed by atoms with van der Waals surface area (Å²) in [5, 5.41) is 0. The normalized spacial score (nSPS) is 22.1. The molecule has 0 bridgehead atoms. The first-order valence-electron chi connectivity index (χ1n) is 12.7.